The number of nitrogens with one attached hydrogen (secondary N) is 1. The van der Waals surface area contributed by atoms with E-state index in [-0.39, 0.29) is 18.2 Å². The molecule has 1 saturated heterocycles. The van der Waals surface area contributed by atoms with Crippen LogP contribution >= 0.6 is 0 Å². The van der Waals surface area contributed by atoms with Crippen LogP contribution in [0, 0.1) is 0 Å². The highest BCUT2D eigenvalue weighted by molar-refractivity contribution is 4.92. The molecule has 14 heavy (non-hydrogen) atoms. The molecule has 1 aliphatic carbocycles. The molecule has 4 heteroatoms. The Morgan fingerprint density at radius 3 is 2.43 bits per heavy atom. The third-order valence-corrected chi connectivity index (χ3v) is 3.48. The van der Waals surface area contributed by atoms with Gasteiger partial charge in [0.15, 0.2) is 0 Å². The van der Waals surface area contributed by atoms with Gasteiger partial charge in [0.2, 0.25) is 0 Å². The Balaban J connectivity index is 1.72. The van der Waals surface area contributed by atoms with E-state index in [2.05, 4.69) is 10.2 Å². The molecule has 2 fully saturated rings. The minimum absolute atomic E-state index is 0.0272. The lowest BCUT2D eigenvalue weighted by atomic mass is 9.99. The van der Waals surface area contributed by atoms with E-state index in [1.807, 2.05) is 0 Å². The van der Waals surface area contributed by atoms with E-state index in [0.717, 1.165) is 32.6 Å². The van der Waals surface area contributed by atoms with E-state index < -0.39 is 0 Å². The molecule has 2 rings (SSSR count). The summed E-state index contributed by atoms with van der Waals surface area (Å²) in [6.07, 6.45) is 4.47. The average Bonchev–Trinajstić information content (AvgIpc) is 2.60. The molecule has 3 N–H and O–H groups in total. The Morgan fingerprint density at radius 1 is 1.29 bits per heavy atom. The summed E-state index contributed by atoms with van der Waals surface area (Å²) in [5.41, 5.74) is -0.0272. The highest BCUT2D eigenvalue weighted by Crippen LogP contribution is 2.29. The van der Waals surface area contributed by atoms with Crippen LogP contribution in [0.1, 0.15) is 25.7 Å². The number of likely N-dealkylation sites (tertiary alicyclic amines) is 1. The first-order chi connectivity index (χ1) is 6.74. The molecule has 0 amide bonds. The van der Waals surface area contributed by atoms with E-state index in [1.54, 1.807) is 0 Å². The third kappa shape index (κ3) is 2.08. The van der Waals surface area contributed by atoms with Crippen LogP contribution in [0.25, 0.3) is 0 Å². The van der Waals surface area contributed by atoms with Gasteiger partial charge >= 0.3 is 0 Å². The summed E-state index contributed by atoms with van der Waals surface area (Å²) in [5.74, 6) is 0. The van der Waals surface area contributed by atoms with Crippen molar-refractivity contribution in [2.24, 2.45) is 0 Å². The van der Waals surface area contributed by atoms with Gasteiger partial charge in [-0.25, -0.2) is 0 Å². The van der Waals surface area contributed by atoms with Crippen LogP contribution in [0.15, 0.2) is 0 Å². The zero-order chi connectivity index (χ0) is 10.0. The van der Waals surface area contributed by atoms with Crippen molar-refractivity contribution < 1.29 is 10.2 Å². The molecule has 0 aromatic rings. The summed E-state index contributed by atoms with van der Waals surface area (Å²) in [5, 5.41) is 21.9. The monoisotopic (exact) mass is 200 g/mol. The number of β-amino-alcohol motifs (C(OH)–C–C–N with tert-alkyl or cyclic N) is 1. The molecule has 0 aromatic carbocycles. The maximum Gasteiger partial charge on any atom is 0.0794 e. The van der Waals surface area contributed by atoms with Crippen molar-refractivity contribution in [1.29, 1.82) is 0 Å². The Morgan fingerprint density at radius 2 is 1.93 bits per heavy atom. The lowest BCUT2D eigenvalue weighted by molar-refractivity contribution is -0.0110. The second-order valence-corrected chi connectivity index (χ2v) is 4.67. The molecular formula is C10H20N2O2. The molecule has 0 radical (unpaired) electrons. The van der Waals surface area contributed by atoms with Gasteiger partial charge in [0.25, 0.3) is 0 Å². The summed E-state index contributed by atoms with van der Waals surface area (Å²) >= 11 is 0. The summed E-state index contributed by atoms with van der Waals surface area (Å²) in [4.78, 5) is 2.17. The first kappa shape index (κ1) is 10.4. The van der Waals surface area contributed by atoms with Gasteiger partial charge in [-0.1, -0.05) is 12.8 Å². The van der Waals surface area contributed by atoms with Gasteiger partial charge in [0.05, 0.1) is 12.7 Å². The number of hydrogen-bond donors (Lipinski definition) is 3. The Hall–Kier alpha value is -0.160. The molecule has 4 nitrogen and oxygen atoms in total. The van der Waals surface area contributed by atoms with Gasteiger partial charge in [0.1, 0.15) is 0 Å². The van der Waals surface area contributed by atoms with Crippen molar-refractivity contribution in [2.75, 3.05) is 26.4 Å². The highest BCUT2D eigenvalue weighted by atomic mass is 16.3. The van der Waals surface area contributed by atoms with E-state index in [4.69, 9.17) is 5.11 Å². The van der Waals surface area contributed by atoms with Crippen molar-refractivity contribution in [2.45, 2.75) is 37.3 Å². The van der Waals surface area contributed by atoms with Crippen LogP contribution in [0.5, 0.6) is 0 Å². The Labute approximate surface area is 84.9 Å². The van der Waals surface area contributed by atoms with E-state index >= 15 is 0 Å². The van der Waals surface area contributed by atoms with Crippen molar-refractivity contribution >= 4 is 0 Å². The van der Waals surface area contributed by atoms with Gasteiger partial charge in [-0.15, -0.1) is 0 Å². The van der Waals surface area contributed by atoms with Gasteiger partial charge in [0, 0.05) is 25.3 Å². The largest absolute Gasteiger partial charge is 0.394 e. The lowest BCUT2D eigenvalue weighted by Gasteiger charge is -2.39. The summed E-state index contributed by atoms with van der Waals surface area (Å²) < 4.78 is 0. The van der Waals surface area contributed by atoms with Crippen molar-refractivity contribution in [3.05, 3.63) is 0 Å². The molecular weight excluding hydrogens is 180 g/mol. The molecule has 0 atom stereocenters. The quantitative estimate of drug-likeness (QED) is 0.573. The van der Waals surface area contributed by atoms with Crippen molar-refractivity contribution in [3.8, 4) is 0 Å². The van der Waals surface area contributed by atoms with E-state index in [9.17, 15) is 5.11 Å². The van der Waals surface area contributed by atoms with Crippen molar-refractivity contribution in [1.82, 2.24) is 10.2 Å². The normalized spacial score (nSPS) is 27.9. The highest BCUT2D eigenvalue weighted by Gasteiger charge is 2.34. The zero-order valence-corrected chi connectivity index (χ0v) is 8.58. The number of rotatable bonds is 4. The van der Waals surface area contributed by atoms with E-state index in [0.29, 0.717) is 0 Å². The maximum absolute atomic E-state index is 9.34. The minimum Gasteiger partial charge on any atom is -0.394 e. The summed E-state index contributed by atoms with van der Waals surface area (Å²) in [6.45, 7) is 2.59. The first-order valence-electron chi connectivity index (χ1n) is 5.50. The molecule has 0 unspecified atom stereocenters. The lowest BCUT2D eigenvalue weighted by Crippen LogP contribution is -2.58. The van der Waals surface area contributed by atoms with Gasteiger partial charge in [-0.05, 0) is 12.8 Å². The smallest absolute Gasteiger partial charge is 0.0794 e. The van der Waals surface area contributed by atoms with Crippen LogP contribution in [0.4, 0.5) is 0 Å². The van der Waals surface area contributed by atoms with Crippen LogP contribution in [-0.2, 0) is 0 Å². The predicted octanol–water partition coefficient (Wildman–Crippen LogP) is -0.485. The van der Waals surface area contributed by atoms with Crippen LogP contribution < -0.4 is 5.32 Å². The van der Waals surface area contributed by atoms with Gasteiger partial charge in [-0.3, -0.25) is 10.2 Å². The van der Waals surface area contributed by atoms with E-state index in [1.165, 1.54) is 12.8 Å². The second-order valence-electron chi connectivity index (χ2n) is 4.67. The molecule has 1 saturated carbocycles. The molecule has 0 aromatic heterocycles. The molecule has 2 aliphatic rings. The number of hydrogen-bond acceptors (Lipinski definition) is 4. The Bertz CT molecular complexity index is 187. The fourth-order valence-electron chi connectivity index (χ4n) is 2.39. The first-order valence-corrected chi connectivity index (χ1v) is 5.50. The maximum atomic E-state index is 9.34. The number of nitrogens with zero attached hydrogens (tertiary/aromatic N) is 1. The third-order valence-electron chi connectivity index (χ3n) is 3.48. The van der Waals surface area contributed by atoms with Gasteiger partial charge < -0.3 is 10.2 Å². The fraction of sp³-hybridized carbons (Fsp3) is 1.00. The molecule has 1 aliphatic heterocycles. The summed E-state index contributed by atoms with van der Waals surface area (Å²) in [6, 6.07) is 0. The van der Waals surface area contributed by atoms with Gasteiger partial charge in [-0.2, -0.15) is 0 Å². The molecule has 1 heterocycles. The van der Waals surface area contributed by atoms with Crippen LogP contribution in [-0.4, -0.2) is 53.1 Å². The molecule has 0 spiro atoms. The molecule has 82 valence electrons. The average molecular weight is 200 g/mol. The zero-order valence-electron chi connectivity index (χ0n) is 8.58. The topological polar surface area (TPSA) is 55.7 Å². The molecule has 0 bridgehead atoms. The van der Waals surface area contributed by atoms with Crippen LogP contribution in [0.2, 0.25) is 0 Å². The Kier molecular flexibility index (Phi) is 3.07. The van der Waals surface area contributed by atoms with Crippen LogP contribution in [0.3, 0.4) is 0 Å². The second kappa shape index (κ2) is 4.14. The summed E-state index contributed by atoms with van der Waals surface area (Å²) in [7, 11) is 0. The SMILES string of the molecule is OCC1(NCN2CC(O)C2)CCCC1. The standard InChI is InChI=1S/C10H20N2O2/c13-7-10(3-1-2-4-10)11-8-12-5-9(14)6-12/h9,11,13-14H,1-8H2. The number of aliphatic hydroxyl groups is 2. The fourth-order valence-corrected chi connectivity index (χ4v) is 2.39. The minimum atomic E-state index is -0.134. The number of aliphatic hydroxyl groups excluding tert-OH is 2. The van der Waals surface area contributed by atoms with Crippen molar-refractivity contribution in [3.63, 3.8) is 0 Å². The predicted molar refractivity (Wildman–Crippen MR) is 53.9 cm³/mol.